The zero-order valence-electron chi connectivity index (χ0n) is 14.3. The predicted molar refractivity (Wildman–Crippen MR) is 100 cm³/mol. The molecule has 1 atom stereocenters. The monoisotopic (exact) mass is 347 g/mol. The van der Waals surface area contributed by atoms with Gasteiger partial charge in [0.15, 0.2) is 0 Å². The SMILES string of the molecule is O=C(OCc1ccccc1)C(NCc1ccccc1)c1ccc(O)cc1. The molecule has 0 aromatic heterocycles. The van der Waals surface area contributed by atoms with Gasteiger partial charge in [-0.3, -0.25) is 5.32 Å². The van der Waals surface area contributed by atoms with Crippen molar-refractivity contribution in [2.75, 3.05) is 0 Å². The minimum atomic E-state index is -0.612. The molecule has 132 valence electrons. The third kappa shape index (κ3) is 4.94. The average molecular weight is 347 g/mol. The number of carbonyl (C=O) groups excluding carboxylic acids is 1. The number of phenols is 1. The molecule has 4 nitrogen and oxygen atoms in total. The number of ether oxygens (including phenoxy) is 1. The van der Waals surface area contributed by atoms with Crippen LogP contribution in [-0.2, 0) is 22.7 Å². The van der Waals surface area contributed by atoms with Gasteiger partial charge in [0, 0.05) is 6.54 Å². The second-order valence-corrected chi connectivity index (χ2v) is 5.98. The quantitative estimate of drug-likeness (QED) is 0.635. The summed E-state index contributed by atoms with van der Waals surface area (Å²) in [7, 11) is 0. The second-order valence-electron chi connectivity index (χ2n) is 5.98. The van der Waals surface area contributed by atoms with Crippen molar-refractivity contribution in [1.82, 2.24) is 5.32 Å². The molecule has 2 N–H and O–H groups in total. The topological polar surface area (TPSA) is 58.6 Å². The highest BCUT2D eigenvalue weighted by Crippen LogP contribution is 2.19. The first-order valence-electron chi connectivity index (χ1n) is 8.49. The average Bonchev–Trinajstić information content (AvgIpc) is 2.69. The van der Waals surface area contributed by atoms with Crippen molar-refractivity contribution in [2.24, 2.45) is 0 Å². The molecule has 0 radical (unpaired) electrons. The number of hydrogen-bond acceptors (Lipinski definition) is 4. The summed E-state index contributed by atoms with van der Waals surface area (Å²) in [5.74, 6) is -0.191. The Labute approximate surface area is 153 Å². The Bertz CT molecular complexity index is 817. The normalized spacial score (nSPS) is 11.7. The molecule has 0 fully saturated rings. The lowest BCUT2D eigenvalue weighted by molar-refractivity contribution is -0.147. The molecule has 3 aromatic carbocycles. The van der Waals surface area contributed by atoms with Crippen molar-refractivity contribution >= 4 is 5.97 Å². The molecule has 0 aliphatic heterocycles. The maximum absolute atomic E-state index is 12.7. The molecular formula is C22H21NO3. The molecule has 0 heterocycles. The van der Waals surface area contributed by atoms with Crippen molar-refractivity contribution in [1.29, 1.82) is 0 Å². The van der Waals surface area contributed by atoms with E-state index in [4.69, 9.17) is 4.74 Å². The second kappa shape index (κ2) is 8.83. The molecule has 0 amide bonds. The zero-order valence-corrected chi connectivity index (χ0v) is 14.3. The number of aromatic hydroxyl groups is 1. The van der Waals surface area contributed by atoms with E-state index in [0.717, 1.165) is 16.7 Å². The van der Waals surface area contributed by atoms with Crippen LogP contribution in [0, 0.1) is 0 Å². The number of hydrogen-bond donors (Lipinski definition) is 2. The van der Waals surface area contributed by atoms with Crippen LogP contribution in [0.15, 0.2) is 84.9 Å². The molecule has 0 aliphatic carbocycles. The standard InChI is InChI=1S/C22H21NO3/c24-20-13-11-19(12-14-20)21(23-15-17-7-3-1-4-8-17)22(25)26-16-18-9-5-2-6-10-18/h1-14,21,23-24H,15-16H2. The summed E-state index contributed by atoms with van der Waals surface area (Å²) in [6, 6.07) is 25.4. The number of phenolic OH excluding ortho intramolecular Hbond substituents is 1. The molecule has 0 aliphatic rings. The maximum Gasteiger partial charge on any atom is 0.328 e. The first-order valence-corrected chi connectivity index (χ1v) is 8.49. The fourth-order valence-corrected chi connectivity index (χ4v) is 2.63. The van der Waals surface area contributed by atoms with Gasteiger partial charge in [0.25, 0.3) is 0 Å². The molecule has 0 bridgehead atoms. The summed E-state index contributed by atoms with van der Waals surface area (Å²) < 4.78 is 5.50. The first-order chi connectivity index (χ1) is 12.7. The lowest BCUT2D eigenvalue weighted by Gasteiger charge is -2.18. The van der Waals surface area contributed by atoms with Crippen LogP contribution < -0.4 is 5.32 Å². The van der Waals surface area contributed by atoms with Gasteiger partial charge in [-0.2, -0.15) is 0 Å². The zero-order chi connectivity index (χ0) is 18.2. The first kappa shape index (κ1) is 17.7. The Kier molecular flexibility index (Phi) is 6.01. The fraction of sp³-hybridized carbons (Fsp3) is 0.136. The molecule has 3 rings (SSSR count). The van der Waals surface area contributed by atoms with Crippen molar-refractivity contribution in [3.05, 3.63) is 102 Å². The Balaban J connectivity index is 1.71. The van der Waals surface area contributed by atoms with Gasteiger partial charge in [0.1, 0.15) is 18.4 Å². The number of benzene rings is 3. The van der Waals surface area contributed by atoms with Crippen LogP contribution in [-0.4, -0.2) is 11.1 Å². The summed E-state index contributed by atoms with van der Waals surface area (Å²) in [6.45, 7) is 0.758. The molecule has 26 heavy (non-hydrogen) atoms. The molecule has 0 saturated carbocycles. The van der Waals surface area contributed by atoms with Crippen molar-refractivity contribution in [3.63, 3.8) is 0 Å². The van der Waals surface area contributed by atoms with Gasteiger partial charge in [-0.15, -0.1) is 0 Å². The Morgan fingerprint density at radius 2 is 1.42 bits per heavy atom. The highest BCUT2D eigenvalue weighted by molar-refractivity contribution is 5.77. The third-order valence-electron chi connectivity index (χ3n) is 4.04. The summed E-state index contributed by atoms with van der Waals surface area (Å²) >= 11 is 0. The third-order valence-corrected chi connectivity index (χ3v) is 4.04. The van der Waals surface area contributed by atoms with Gasteiger partial charge in [-0.25, -0.2) is 4.79 Å². The summed E-state index contributed by atoms with van der Waals surface area (Å²) in [5, 5.41) is 12.8. The Morgan fingerprint density at radius 3 is 2.04 bits per heavy atom. The van der Waals surface area contributed by atoms with E-state index in [1.807, 2.05) is 60.7 Å². The van der Waals surface area contributed by atoms with E-state index >= 15 is 0 Å². The van der Waals surface area contributed by atoms with Crippen LogP contribution in [0.3, 0.4) is 0 Å². The van der Waals surface area contributed by atoms with Gasteiger partial charge in [-0.05, 0) is 28.8 Å². The number of carbonyl (C=O) groups is 1. The van der Waals surface area contributed by atoms with E-state index in [-0.39, 0.29) is 18.3 Å². The molecular weight excluding hydrogens is 326 g/mol. The van der Waals surface area contributed by atoms with Crippen LogP contribution in [0.4, 0.5) is 0 Å². The highest BCUT2D eigenvalue weighted by Gasteiger charge is 2.22. The van der Waals surface area contributed by atoms with Crippen LogP contribution in [0.2, 0.25) is 0 Å². The van der Waals surface area contributed by atoms with Crippen LogP contribution in [0.25, 0.3) is 0 Å². The fourth-order valence-electron chi connectivity index (χ4n) is 2.63. The summed E-state index contributed by atoms with van der Waals surface area (Å²) in [4.78, 5) is 12.7. The number of rotatable bonds is 7. The van der Waals surface area contributed by atoms with Gasteiger partial charge < -0.3 is 9.84 Å². The molecule has 1 unspecified atom stereocenters. The van der Waals surface area contributed by atoms with E-state index in [1.165, 1.54) is 0 Å². The van der Waals surface area contributed by atoms with Crippen molar-refractivity contribution < 1.29 is 14.6 Å². The van der Waals surface area contributed by atoms with Gasteiger partial charge >= 0.3 is 5.97 Å². The number of nitrogens with one attached hydrogen (secondary N) is 1. The van der Waals surface area contributed by atoms with Gasteiger partial charge in [0.2, 0.25) is 0 Å². The lowest BCUT2D eigenvalue weighted by atomic mass is 10.1. The molecule has 3 aromatic rings. The predicted octanol–water partition coefficient (Wildman–Crippen LogP) is 3.97. The van der Waals surface area contributed by atoms with Gasteiger partial charge in [-0.1, -0.05) is 72.8 Å². The Morgan fingerprint density at radius 1 is 0.846 bits per heavy atom. The molecule has 0 saturated heterocycles. The smallest absolute Gasteiger partial charge is 0.328 e. The minimum absolute atomic E-state index is 0.160. The minimum Gasteiger partial charge on any atom is -0.508 e. The van der Waals surface area contributed by atoms with Crippen molar-refractivity contribution in [2.45, 2.75) is 19.2 Å². The van der Waals surface area contributed by atoms with Crippen LogP contribution >= 0.6 is 0 Å². The van der Waals surface area contributed by atoms with Crippen molar-refractivity contribution in [3.8, 4) is 5.75 Å². The van der Waals surface area contributed by atoms with Crippen LogP contribution in [0.1, 0.15) is 22.7 Å². The van der Waals surface area contributed by atoms with Crippen LogP contribution in [0.5, 0.6) is 5.75 Å². The largest absolute Gasteiger partial charge is 0.508 e. The van der Waals surface area contributed by atoms with E-state index in [9.17, 15) is 9.90 Å². The summed E-state index contributed by atoms with van der Waals surface area (Å²) in [6.07, 6.45) is 0. The van der Waals surface area contributed by atoms with Gasteiger partial charge in [0.05, 0.1) is 0 Å². The molecule has 4 heteroatoms. The van der Waals surface area contributed by atoms with E-state index in [0.29, 0.717) is 6.54 Å². The molecule has 0 spiro atoms. The summed E-state index contributed by atoms with van der Waals surface area (Å²) in [5.41, 5.74) is 2.76. The lowest BCUT2D eigenvalue weighted by Crippen LogP contribution is -2.29. The van der Waals surface area contributed by atoms with E-state index < -0.39 is 6.04 Å². The number of esters is 1. The maximum atomic E-state index is 12.7. The van der Waals surface area contributed by atoms with E-state index in [1.54, 1.807) is 24.3 Å². The highest BCUT2D eigenvalue weighted by atomic mass is 16.5. The van der Waals surface area contributed by atoms with E-state index in [2.05, 4.69) is 5.32 Å². The Hall–Kier alpha value is -3.11.